The summed E-state index contributed by atoms with van der Waals surface area (Å²) < 4.78 is 15.6. The molecule has 3 rings (SSSR count). The Morgan fingerprint density at radius 2 is 1.97 bits per heavy atom. The van der Waals surface area contributed by atoms with Gasteiger partial charge in [-0.25, -0.2) is 9.59 Å². The number of ether oxygens (including phenoxy) is 2. The van der Waals surface area contributed by atoms with Crippen molar-refractivity contribution in [1.82, 2.24) is 0 Å². The minimum absolute atomic E-state index is 0.333. The van der Waals surface area contributed by atoms with Gasteiger partial charge in [0.25, 0.3) is 5.91 Å². The molecule has 0 spiro atoms. The van der Waals surface area contributed by atoms with Crippen LogP contribution in [0.25, 0.3) is 11.0 Å². The summed E-state index contributed by atoms with van der Waals surface area (Å²) in [6, 6.07) is 12.9. The molecule has 1 N–H and O–H groups in total. The molecule has 1 aromatic heterocycles. The number of nitrogens with one attached hydrogen (secondary N) is 1. The zero-order valence-corrected chi connectivity index (χ0v) is 16.5. The first-order valence-electron chi connectivity index (χ1n) is 8.75. The van der Waals surface area contributed by atoms with Crippen LogP contribution in [0.15, 0.2) is 57.7 Å². The summed E-state index contributed by atoms with van der Waals surface area (Å²) in [6.45, 7) is 2.84. The number of hydrogen-bond donors (Lipinski definition) is 1. The molecule has 1 amide bonds. The number of esters is 1. The fourth-order valence-corrected chi connectivity index (χ4v) is 2.82. The summed E-state index contributed by atoms with van der Waals surface area (Å²) in [5, 5.41) is 3.85. The first kappa shape index (κ1) is 20.4. The predicted molar refractivity (Wildman–Crippen MR) is 108 cm³/mol. The molecule has 8 heteroatoms. The molecule has 150 valence electrons. The molecule has 0 bridgehead atoms. The summed E-state index contributed by atoms with van der Waals surface area (Å²) in [7, 11) is 0. The van der Waals surface area contributed by atoms with Gasteiger partial charge in [0.2, 0.25) is 0 Å². The number of benzene rings is 2. The topological polar surface area (TPSA) is 94.8 Å². The lowest BCUT2D eigenvalue weighted by Gasteiger charge is -2.14. The van der Waals surface area contributed by atoms with Crippen LogP contribution in [0.3, 0.4) is 0 Å². The van der Waals surface area contributed by atoms with E-state index >= 15 is 0 Å². The Hall–Kier alpha value is -3.32. The van der Waals surface area contributed by atoms with Crippen LogP contribution in [0.2, 0.25) is 5.02 Å². The summed E-state index contributed by atoms with van der Waals surface area (Å²) in [5.41, 5.74) is 1.16. The minimum atomic E-state index is -1.03. The van der Waals surface area contributed by atoms with Crippen LogP contribution < -0.4 is 15.7 Å². The summed E-state index contributed by atoms with van der Waals surface area (Å²) in [5.74, 6) is -0.882. The van der Waals surface area contributed by atoms with Crippen LogP contribution in [0.5, 0.6) is 5.75 Å². The molecule has 0 saturated heterocycles. The quantitative estimate of drug-likeness (QED) is 0.487. The molecule has 0 radical (unpaired) electrons. The average Bonchev–Trinajstić information content (AvgIpc) is 2.66. The second kappa shape index (κ2) is 8.79. The van der Waals surface area contributed by atoms with Crippen LogP contribution >= 0.6 is 11.6 Å². The van der Waals surface area contributed by atoms with E-state index in [-0.39, 0.29) is 0 Å². The number of halogens is 1. The van der Waals surface area contributed by atoms with Gasteiger partial charge in [0.1, 0.15) is 11.3 Å². The SMILES string of the molecule is Cc1cc(=O)oc2cc(OCC(=O)OC(C)C(=O)Nc3cccc(Cl)c3)ccc12. The zero-order valence-electron chi connectivity index (χ0n) is 15.7. The number of rotatable bonds is 6. The number of anilines is 1. The van der Waals surface area contributed by atoms with Gasteiger partial charge in [0.15, 0.2) is 12.7 Å². The van der Waals surface area contributed by atoms with Gasteiger partial charge in [-0.2, -0.15) is 0 Å². The normalized spacial score (nSPS) is 11.7. The minimum Gasteiger partial charge on any atom is -0.482 e. The molecular weight excluding hydrogens is 398 g/mol. The molecule has 1 heterocycles. The molecule has 7 nitrogen and oxygen atoms in total. The first-order valence-corrected chi connectivity index (χ1v) is 9.13. The molecular formula is C21H18ClNO6. The maximum absolute atomic E-state index is 12.1. The van der Waals surface area contributed by atoms with E-state index in [1.165, 1.54) is 19.1 Å². The highest BCUT2D eigenvalue weighted by molar-refractivity contribution is 6.30. The van der Waals surface area contributed by atoms with E-state index in [0.717, 1.165) is 10.9 Å². The fraction of sp³-hybridized carbons (Fsp3) is 0.190. The maximum Gasteiger partial charge on any atom is 0.344 e. The Morgan fingerprint density at radius 1 is 1.17 bits per heavy atom. The third-order valence-corrected chi connectivity index (χ3v) is 4.28. The zero-order chi connectivity index (χ0) is 21.0. The highest BCUT2D eigenvalue weighted by Gasteiger charge is 2.18. The lowest BCUT2D eigenvalue weighted by Crippen LogP contribution is -2.31. The van der Waals surface area contributed by atoms with E-state index in [1.54, 1.807) is 43.3 Å². The molecule has 29 heavy (non-hydrogen) atoms. The smallest absolute Gasteiger partial charge is 0.344 e. The van der Waals surface area contributed by atoms with Crippen molar-refractivity contribution in [3.63, 3.8) is 0 Å². The number of carbonyl (C=O) groups is 2. The van der Waals surface area contributed by atoms with Gasteiger partial charge >= 0.3 is 11.6 Å². The Labute approximate surface area is 171 Å². The first-order chi connectivity index (χ1) is 13.8. The molecule has 1 unspecified atom stereocenters. The number of fused-ring (bicyclic) bond motifs is 1. The van der Waals surface area contributed by atoms with Crippen molar-refractivity contribution in [2.75, 3.05) is 11.9 Å². The summed E-state index contributed by atoms with van der Waals surface area (Å²) in [4.78, 5) is 35.6. The van der Waals surface area contributed by atoms with Gasteiger partial charge in [0.05, 0.1) is 0 Å². The Bertz CT molecular complexity index is 1120. The molecule has 0 aliphatic carbocycles. The monoisotopic (exact) mass is 415 g/mol. The van der Waals surface area contributed by atoms with Crippen molar-refractivity contribution in [2.45, 2.75) is 20.0 Å². The van der Waals surface area contributed by atoms with Gasteiger partial charge in [-0.3, -0.25) is 4.79 Å². The fourth-order valence-electron chi connectivity index (χ4n) is 2.63. The summed E-state index contributed by atoms with van der Waals surface area (Å²) in [6.07, 6.45) is -1.03. The predicted octanol–water partition coefficient (Wildman–Crippen LogP) is 3.70. The van der Waals surface area contributed by atoms with Crippen molar-refractivity contribution in [2.24, 2.45) is 0 Å². The van der Waals surface area contributed by atoms with Crippen molar-refractivity contribution < 1.29 is 23.5 Å². The molecule has 1 atom stereocenters. The second-order valence-corrected chi connectivity index (χ2v) is 6.76. The van der Waals surface area contributed by atoms with Crippen molar-refractivity contribution in [3.8, 4) is 5.75 Å². The Morgan fingerprint density at radius 3 is 2.72 bits per heavy atom. The number of aryl methyl sites for hydroxylation is 1. The Balaban J connectivity index is 1.56. The molecule has 0 fully saturated rings. The number of hydrogen-bond acceptors (Lipinski definition) is 6. The van der Waals surface area contributed by atoms with Crippen LogP contribution in [0, 0.1) is 6.92 Å². The lowest BCUT2D eigenvalue weighted by molar-refractivity contribution is -0.155. The van der Waals surface area contributed by atoms with E-state index in [1.807, 2.05) is 0 Å². The average molecular weight is 416 g/mol. The number of amides is 1. The maximum atomic E-state index is 12.1. The van der Waals surface area contributed by atoms with Gasteiger partial charge in [0, 0.05) is 28.2 Å². The van der Waals surface area contributed by atoms with Crippen LogP contribution in [-0.4, -0.2) is 24.6 Å². The lowest BCUT2D eigenvalue weighted by atomic mass is 10.1. The molecule has 0 aliphatic heterocycles. The van der Waals surface area contributed by atoms with Crippen molar-refractivity contribution >= 4 is 40.1 Å². The molecule has 0 saturated carbocycles. The van der Waals surface area contributed by atoms with Crippen molar-refractivity contribution in [1.29, 1.82) is 0 Å². The molecule has 0 aliphatic rings. The highest BCUT2D eigenvalue weighted by atomic mass is 35.5. The highest BCUT2D eigenvalue weighted by Crippen LogP contribution is 2.22. The standard InChI is InChI=1S/C21H18ClNO6/c1-12-8-19(24)29-18-10-16(6-7-17(12)18)27-11-20(25)28-13(2)21(26)23-15-5-3-4-14(22)9-15/h3-10,13H,11H2,1-2H3,(H,23,26). The van der Waals surface area contributed by atoms with Crippen LogP contribution in [0.4, 0.5) is 5.69 Å². The van der Waals surface area contributed by atoms with Gasteiger partial charge in [-0.1, -0.05) is 17.7 Å². The van der Waals surface area contributed by atoms with Gasteiger partial charge < -0.3 is 19.2 Å². The van der Waals surface area contributed by atoms with E-state index in [0.29, 0.717) is 22.0 Å². The van der Waals surface area contributed by atoms with E-state index in [2.05, 4.69) is 5.32 Å². The molecule has 2 aromatic carbocycles. The van der Waals surface area contributed by atoms with Gasteiger partial charge in [-0.05, 0) is 49.7 Å². The van der Waals surface area contributed by atoms with Crippen LogP contribution in [0.1, 0.15) is 12.5 Å². The third-order valence-electron chi connectivity index (χ3n) is 4.05. The number of carbonyl (C=O) groups excluding carboxylic acids is 2. The van der Waals surface area contributed by atoms with E-state index < -0.39 is 30.2 Å². The van der Waals surface area contributed by atoms with Crippen LogP contribution in [-0.2, 0) is 14.3 Å². The van der Waals surface area contributed by atoms with E-state index in [9.17, 15) is 14.4 Å². The molecule has 3 aromatic rings. The van der Waals surface area contributed by atoms with Crippen molar-refractivity contribution in [3.05, 3.63) is 69.5 Å². The third kappa shape index (κ3) is 5.36. The van der Waals surface area contributed by atoms with E-state index in [4.69, 9.17) is 25.5 Å². The van der Waals surface area contributed by atoms with Gasteiger partial charge in [-0.15, -0.1) is 0 Å². The largest absolute Gasteiger partial charge is 0.482 e. The summed E-state index contributed by atoms with van der Waals surface area (Å²) >= 11 is 5.87. The second-order valence-electron chi connectivity index (χ2n) is 6.33. The Kier molecular flexibility index (Phi) is 6.19.